The van der Waals surface area contributed by atoms with Crippen LogP contribution in [0.4, 0.5) is 0 Å². The first-order chi connectivity index (χ1) is 16.5. The second-order valence-corrected chi connectivity index (χ2v) is 10.6. The van der Waals surface area contributed by atoms with Crippen LogP contribution in [0.15, 0.2) is 71.5 Å². The zero-order valence-electron chi connectivity index (χ0n) is 21.2. The Morgan fingerprint density at radius 2 is 1.71 bits per heavy atom. The van der Waals surface area contributed by atoms with Crippen molar-refractivity contribution in [1.82, 2.24) is 19.8 Å². The first-order valence-electron chi connectivity index (χ1n) is 12.9. The third-order valence-corrected chi connectivity index (χ3v) is 7.45. The van der Waals surface area contributed by atoms with E-state index in [2.05, 4.69) is 108 Å². The highest BCUT2D eigenvalue weighted by Crippen LogP contribution is 2.34. The normalized spacial score (nSPS) is 22.6. The van der Waals surface area contributed by atoms with Gasteiger partial charge in [0.05, 0.1) is 12.6 Å². The third-order valence-electron chi connectivity index (χ3n) is 7.45. The van der Waals surface area contributed by atoms with E-state index in [0.717, 1.165) is 45.0 Å². The lowest BCUT2D eigenvalue weighted by Crippen LogP contribution is -2.47. The summed E-state index contributed by atoms with van der Waals surface area (Å²) in [6, 6.07) is 21.0. The SMILES string of the molecule is Cc1ccc(CC2CN3C(=NCN3C)C=C3N(CCc4ccccc4)C(CC(C)C)CN32)cc1. The maximum absolute atomic E-state index is 4.89. The average Bonchev–Trinajstić information content (AvgIpc) is 3.28. The Hall–Kier alpha value is -2.79. The van der Waals surface area contributed by atoms with Gasteiger partial charge in [-0.2, -0.15) is 0 Å². The predicted molar refractivity (Wildman–Crippen MR) is 140 cm³/mol. The average molecular weight is 458 g/mol. The highest BCUT2D eigenvalue weighted by Gasteiger charge is 2.41. The molecular formula is C29H39N5. The molecule has 3 heterocycles. The van der Waals surface area contributed by atoms with Crippen molar-refractivity contribution in [3.8, 4) is 0 Å². The van der Waals surface area contributed by atoms with Gasteiger partial charge in [0.15, 0.2) is 0 Å². The summed E-state index contributed by atoms with van der Waals surface area (Å²) in [5.74, 6) is 3.16. The number of hydrogen-bond donors (Lipinski definition) is 0. The van der Waals surface area contributed by atoms with E-state index in [1.165, 1.54) is 28.9 Å². The van der Waals surface area contributed by atoms with Crippen LogP contribution in [0.25, 0.3) is 0 Å². The van der Waals surface area contributed by atoms with Crippen LogP contribution in [0.2, 0.25) is 0 Å². The van der Waals surface area contributed by atoms with Crippen LogP contribution in [0.1, 0.15) is 37.0 Å². The minimum Gasteiger partial charge on any atom is -0.353 e. The minimum atomic E-state index is 0.415. The van der Waals surface area contributed by atoms with Crippen molar-refractivity contribution in [3.63, 3.8) is 0 Å². The molecule has 180 valence electrons. The molecular weight excluding hydrogens is 418 g/mol. The second-order valence-electron chi connectivity index (χ2n) is 10.6. The molecule has 2 atom stereocenters. The Balaban J connectivity index is 1.46. The number of amidine groups is 1. The van der Waals surface area contributed by atoms with Crippen molar-refractivity contribution in [3.05, 3.63) is 83.2 Å². The molecule has 1 saturated heterocycles. The van der Waals surface area contributed by atoms with E-state index in [4.69, 9.17) is 4.99 Å². The predicted octanol–water partition coefficient (Wildman–Crippen LogP) is 4.55. The van der Waals surface area contributed by atoms with Gasteiger partial charge in [-0.3, -0.25) is 5.01 Å². The van der Waals surface area contributed by atoms with Gasteiger partial charge in [0.25, 0.3) is 0 Å². The van der Waals surface area contributed by atoms with Gasteiger partial charge in [-0.1, -0.05) is 74.0 Å². The van der Waals surface area contributed by atoms with Crippen LogP contribution in [-0.4, -0.2) is 71.1 Å². The van der Waals surface area contributed by atoms with Gasteiger partial charge >= 0.3 is 0 Å². The van der Waals surface area contributed by atoms with Gasteiger partial charge in [-0.25, -0.2) is 10.0 Å². The molecule has 2 aromatic rings. The lowest BCUT2D eigenvalue weighted by molar-refractivity contribution is 0.0765. The standard InChI is InChI=1S/C29H39N5/c1-22(2)16-26-19-33-27(17-25-12-10-23(3)11-13-25)20-34-28(30-21-31(34)4)18-29(33)32(26)15-14-24-8-6-5-7-9-24/h5-13,18,22,26-27H,14-17,19-21H2,1-4H3. The largest absolute Gasteiger partial charge is 0.353 e. The summed E-state index contributed by atoms with van der Waals surface area (Å²) in [5, 5.41) is 4.65. The fraction of sp³-hybridized carbons (Fsp3) is 0.483. The summed E-state index contributed by atoms with van der Waals surface area (Å²) >= 11 is 0. The van der Waals surface area contributed by atoms with Crippen molar-refractivity contribution in [1.29, 1.82) is 0 Å². The quantitative estimate of drug-likeness (QED) is 0.609. The first-order valence-corrected chi connectivity index (χ1v) is 12.9. The molecule has 0 spiro atoms. The Morgan fingerprint density at radius 3 is 2.44 bits per heavy atom. The molecule has 5 rings (SSSR count). The van der Waals surface area contributed by atoms with Crippen molar-refractivity contribution in [2.45, 2.75) is 52.1 Å². The van der Waals surface area contributed by atoms with E-state index >= 15 is 0 Å². The van der Waals surface area contributed by atoms with E-state index in [0.29, 0.717) is 18.0 Å². The molecule has 2 aromatic carbocycles. The Morgan fingerprint density at radius 1 is 0.941 bits per heavy atom. The fourth-order valence-electron chi connectivity index (χ4n) is 5.66. The molecule has 0 radical (unpaired) electrons. The Labute approximate surface area is 205 Å². The Kier molecular flexibility index (Phi) is 6.64. The van der Waals surface area contributed by atoms with Gasteiger partial charge in [-0.05, 0) is 43.2 Å². The van der Waals surface area contributed by atoms with Crippen LogP contribution < -0.4 is 0 Å². The van der Waals surface area contributed by atoms with E-state index in [9.17, 15) is 0 Å². The number of hydrazine groups is 1. The van der Waals surface area contributed by atoms with Crippen LogP contribution in [0.3, 0.4) is 0 Å². The molecule has 5 nitrogen and oxygen atoms in total. The molecule has 0 N–H and O–H groups in total. The molecule has 0 bridgehead atoms. The fourth-order valence-corrected chi connectivity index (χ4v) is 5.66. The molecule has 3 aliphatic heterocycles. The van der Waals surface area contributed by atoms with Crippen LogP contribution in [0.5, 0.6) is 0 Å². The molecule has 0 aromatic heterocycles. The van der Waals surface area contributed by atoms with Gasteiger partial charge in [0, 0.05) is 32.3 Å². The van der Waals surface area contributed by atoms with Crippen molar-refractivity contribution >= 4 is 5.84 Å². The number of rotatable bonds is 7. The summed E-state index contributed by atoms with van der Waals surface area (Å²) < 4.78 is 0. The number of hydrogen-bond acceptors (Lipinski definition) is 5. The molecule has 1 fully saturated rings. The highest BCUT2D eigenvalue weighted by molar-refractivity contribution is 5.94. The zero-order valence-corrected chi connectivity index (χ0v) is 21.2. The zero-order chi connectivity index (χ0) is 23.7. The smallest absolute Gasteiger partial charge is 0.143 e. The van der Waals surface area contributed by atoms with Gasteiger partial charge in [0.1, 0.15) is 18.3 Å². The van der Waals surface area contributed by atoms with Gasteiger partial charge in [-0.15, -0.1) is 0 Å². The molecule has 0 aliphatic carbocycles. The molecule has 3 aliphatic rings. The maximum Gasteiger partial charge on any atom is 0.143 e. The minimum absolute atomic E-state index is 0.415. The van der Waals surface area contributed by atoms with Crippen LogP contribution in [-0.2, 0) is 12.8 Å². The maximum atomic E-state index is 4.89. The number of aryl methyl sites for hydroxylation is 1. The first kappa shape index (κ1) is 23.0. The monoisotopic (exact) mass is 457 g/mol. The molecule has 0 saturated carbocycles. The van der Waals surface area contributed by atoms with Crippen molar-refractivity contribution < 1.29 is 0 Å². The topological polar surface area (TPSA) is 25.3 Å². The molecule has 2 unspecified atom stereocenters. The van der Waals surface area contributed by atoms with Gasteiger partial charge < -0.3 is 9.80 Å². The molecule has 5 heteroatoms. The van der Waals surface area contributed by atoms with Crippen LogP contribution in [0, 0.1) is 12.8 Å². The summed E-state index contributed by atoms with van der Waals surface area (Å²) in [5.41, 5.74) is 4.15. The van der Waals surface area contributed by atoms with E-state index < -0.39 is 0 Å². The molecule has 34 heavy (non-hydrogen) atoms. The van der Waals surface area contributed by atoms with E-state index in [1.54, 1.807) is 0 Å². The number of aliphatic imine (C=N–C) groups is 1. The van der Waals surface area contributed by atoms with E-state index in [-0.39, 0.29) is 0 Å². The Bertz CT molecular complexity index is 1030. The summed E-state index contributed by atoms with van der Waals surface area (Å²) in [6.45, 7) is 10.7. The van der Waals surface area contributed by atoms with Crippen molar-refractivity contribution in [2.24, 2.45) is 10.9 Å². The summed E-state index contributed by atoms with van der Waals surface area (Å²) in [7, 11) is 2.16. The number of fused-ring (bicyclic) bond motifs is 2. The second kappa shape index (κ2) is 9.83. The van der Waals surface area contributed by atoms with Crippen LogP contribution >= 0.6 is 0 Å². The highest BCUT2D eigenvalue weighted by atomic mass is 15.7. The summed E-state index contributed by atoms with van der Waals surface area (Å²) in [6.07, 6.45) is 5.70. The third kappa shape index (κ3) is 4.85. The number of nitrogens with zero attached hydrogens (tertiary/aromatic N) is 5. The number of benzene rings is 2. The summed E-state index contributed by atoms with van der Waals surface area (Å²) in [4.78, 5) is 10.3. The van der Waals surface area contributed by atoms with Gasteiger partial charge in [0.2, 0.25) is 0 Å². The molecule has 0 amide bonds. The van der Waals surface area contributed by atoms with Crippen molar-refractivity contribution in [2.75, 3.05) is 33.4 Å². The lowest BCUT2D eigenvalue weighted by Gasteiger charge is -2.34. The lowest BCUT2D eigenvalue weighted by atomic mass is 10.0. The van der Waals surface area contributed by atoms with E-state index in [1.807, 2.05) is 0 Å².